The van der Waals surface area contributed by atoms with Crippen molar-refractivity contribution in [2.75, 3.05) is 13.1 Å². The predicted octanol–water partition coefficient (Wildman–Crippen LogP) is 3.00. The van der Waals surface area contributed by atoms with Gasteiger partial charge in [0.15, 0.2) is 5.96 Å². The molecule has 2 N–H and O–H groups in total. The summed E-state index contributed by atoms with van der Waals surface area (Å²) >= 11 is 0. The number of guanidine groups is 1. The first kappa shape index (κ1) is 17.0. The van der Waals surface area contributed by atoms with Crippen LogP contribution < -0.4 is 10.6 Å². The van der Waals surface area contributed by atoms with E-state index in [0.29, 0.717) is 6.54 Å². The Bertz CT molecular complexity index is 632. The molecule has 0 saturated heterocycles. The first-order chi connectivity index (χ1) is 11.2. The summed E-state index contributed by atoms with van der Waals surface area (Å²) in [5.74, 6) is 0.861. The van der Waals surface area contributed by atoms with Gasteiger partial charge in [0.25, 0.3) is 0 Å². The van der Waals surface area contributed by atoms with Gasteiger partial charge in [0.1, 0.15) is 0 Å². The summed E-state index contributed by atoms with van der Waals surface area (Å²) in [5.41, 5.74) is 5.05. The molecule has 0 unspecified atom stereocenters. The van der Waals surface area contributed by atoms with E-state index in [1.165, 1.54) is 22.3 Å². The SMILES string of the molecule is CCNC(=NCc1ccc(C)cc1)NCCc1ccncc1C. The standard InChI is InChI=1S/C19H26N4/c1-4-21-19(23-14-17-7-5-15(2)6-8-17)22-12-10-18-9-11-20-13-16(18)3/h5-9,11,13H,4,10,12,14H2,1-3H3,(H2,21,22,23). The van der Waals surface area contributed by atoms with E-state index in [9.17, 15) is 0 Å². The molecule has 0 atom stereocenters. The van der Waals surface area contributed by atoms with E-state index >= 15 is 0 Å². The minimum atomic E-state index is 0.684. The molecule has 2 aromatic rings. The molecule has 0 aliphatic heterocycles. The molecule has 0 saturated carbocycles. The van der Waals surface area contributed by atoms with E-state index in [1.54, 1.807) is 0 Å². The average Bonchev–Trinajstić information content (AvgIpc) is 2.56. The van der Waals surface area contributed by atoms with Gasteiger partial charge >= 0.3 is 0 Å². The Morgan fingerprint density at radius 1 is 1.09 bits per heavy atom. The Morgan fingerprint density at radius 2 is 1.87 bits per heavy atom. The molecular formula is C19H26N4. The van der Waals surface area contributed by atoms with Gasteiger partial charge in [-0.15, -0.1) is 0 Å². The van der Waals surface area contributed by atoms with Crippen molar-refractivity contribution >= 4 is 5.96 Å². The molecule has 1 heterocycles. The van der Waals surface area contributed by atoms with Crippen LogP contribution in [0.15, 0.2) is 47.7 Å². The second-order valence-electron chi connectivity index (χ2n) is 5.66. The highest BCUT2D eigenvalue weighted by molar-refractivity contribution is 5.79. The largest absolute Gasteiger partial charge is 0.357 e. The summed E-state index contributed by atoms with van der Waals surface area (Å²) < 4.78 is 0. The minimum Gasteiger partial charge on any atom is -0.357 e. The zero-order valence-corrected chi connectivity index (χ0v) is 14.3. The van der Waals surface area contributed by atoms with E-state index in [0.717, 1.165) is 25.5 Å². The molecule has 0 aliphatic rings. The van der Waals surface area contributed by atoms with Crippen LogP contribution in [0.3, 0.4) is 0 Å². The number of hydrogen-bond acceptors (Lipinski definition) is 2. The lowest BCUT2D eigenvalue weighted by Crippen LogP contribution is -2.38. The van der Waals surface area contributed by atoms with Crippen LogP contribution in [-0.2, 0) is 13.0 Å². The second-order valence-corrected chi connectivity index (χ2v) is 5.66. The number of hydrogen-bond donors (Lipinski definition) is 2. The fourth-order valence-electron chi connectivity index (χ4n) is 2.30. The van der Waals surface area contributed by atoms with E-state index < -0.39 is 0 Å². The van der Waals surface area contributed by atoms with Crippen molar-refractivity contribution < 1.29 is 0 Å². The molecule has 122 valence electrons. The number of aryl methyl sites for hydroxylation is 2. The summed E-state index contributed by atoms with van der Waals surface area (Å²) in [6, 6.07) is 10.6. The first-order valence-corrected chi connectivity index (χ1v) is 8.16. The van der Waals surface area contributed by atoms with Crippen molar-refractivity contribution in [3.05, 3.63) is 65.0 Å². The summed E-state index contributed by atoms with van der Waals surface area (Å²) in [6.07, 6.45) is 4.72. The molecule has 1 aromatic heterocycles. The van der Waals surface area contributed by atoms with Crippen molar-refractivity contribution in [3.63, 3.8) is 0 Å². The van der Waals surface area contributed by atoms with Crippen LogP contribution in [-0.4, -0.2) is 24.0 Å². The number of nitrogens with one attached hydrogen (secondary N) is 2. The minimum absolute atomic E-state index is 0.684. The van der Waals surface area contributed by atoms with Crippen molar-refractivity contribution in [1.82, 2.24) is 15.6 Å². The maximum atomic E-state index is 4.65. The smallest absolute Gasteiger partial charge is 0.191 e. The van der Waals surface area contributed by atoms with Gasteiger partial charge in [-0.05, 0) is 49.9 Å². The molecule has 0 bridgehead atoms. The topological polar surface area (TPSA) is 49.3 Å². The van der Waals surface area contributed by atoms with Crippen LogP contribution in [0.1, 0.15) is 29.2 Å². The van der Waals surface area contributed by atoms with Gasteiger partial charge < -0.3 is 10.6 Å². The summed E-state index contributed by atoms with van der Waals surface area (Å²) in [5, 5.41) is 6.69. The highest BCUT2D eigenvalue weighted by atomic mass is 15.2. The molecular weight excluding hydrogens is 284 g/mol. The third-order valence-electron chi connectivity index (χ3n) is 3.71. The number of nitrogens with zero attached hydrogens (tertiary/aromatic N) is 2. The highest BCUT2D eigenvalue weighted by Crippen LogP contribution is 2.05. The van der Waals surface area contributed by atoms with E-state index in [4.69, 9.17) is 0 Å². The fraction of sp³-hybridized carbons (Fsp3) is 0.368. The third-order valence-corrected chi connectivity index (χ3v) is 3.71. The Labute approximate surface area is 139 Å². The van der Waals surface area contributed by atoms with E-state index in [1.807, 2.05) is 12.4 Å². The van der Waals surface area contributed by atoms with Gasteiger partial charge in [0.2, 0.25) is 0 Å². The molecule has 0 spiro atoms. The fourth-order valence-corrected chi connectivity index (χ4v) is 2.30. The van der Waals surface area contributed by atoms with E-state index in [-0.39, 0.29) is 0 Å². The van der Waals surface area contributed by atoms with Crippen LogP contribution in [0.4, 0.5) is 0 Å². The summed E-state index contributed by atoms with van der Waals surface area (Å²) in [6.45, 7) is 8.66. The molecule has 0 aliphatic carbocycles. The average molecular weight is 310 g/mol. The number of pyridine rings is 1. The summed E-state index contributed by atoms with van der Waals surface area (Å²) in [7, 11) is 0. The van der Waals surface area contributed by atoms with Crippen molar-refractivity contribution in [1.29, 1.82) is 0 Å². The number of aromatic nitrogens is 1. The maximum absolute atomic E-state index is 4.65. The monoisotopic (exact) mass is 310 g/mol. The van der Waals surface area contributed by atoms with Gasteiger partial charge in [-0.1, -0.05) is 29.8 Å². The second kappa shape index (κ2) is 8.93. The first-order valence-electron chi connectivity index (χ1n) is 8.16. The molecule has 0 radical (unpaired) electrons. The van der Waals surface area contributed by atoms with Crippen molar-refractivity contribution in [3.8, 4) is 0 Å². The van der Waals surface area contributed by atoms with Crippen LogP contribution in [0, 0.1) is 13.8 Å². The van der Waals surface area contributed by atoms with Gasteiger partial charge in [-0.3, -0.25) is 4.98 Å². The van der Waals surface area contributed by atoms with Gasteiger partial charge in [-0.2, -0.15) is 0 Å². The van der Waals surface area contributed by atoms with Gasteiger partial charge in [0, 0.05) is 25.5 Å². The lowest BCUT2D eigenvalue weighted by molar-refractivity contribution is 0.796. The number of benzene rings is 1. The highest BCUT2D eigenvalue weighted by Gasteiger charge is 2.00. The van der Waals surface area contributed by atoms with Crippen LogP contribution in [0.2, 0.25) is 0 Å². The molecule has 2 rings (SSSR count). The molecule has 0 fully saturated rings. The zero-order valence-electron chi connectivity index (χ0n) is 14.3. The third kappa shape index (κ3) is 5.74. The molecule has 4 heteroatoms. The van der Waals surface area contributed by atoms with Crippen molar-refractivity contribution in [2.24, 2.45) is 4.99 Å². The molecule has 23 heavy (non-hydrogen) atoms. The lowest BCUT2D eigenvalue weighted by atomic mass is 10.1. The van der Waals surface area contributed by atoms with E-state index in [2.05, 4.69) is 71.7 Å². The maximum Gasteiger partial charge on any atom is 0.191 e. The summed E-state index contributed by atoms with van der Waals surface area (Å²) in [4.78, 5) is 8.78. The quantitative estimate of drug-likeness (QED) is 0.637. The zero-order chi connectivity index (χ0) is 16.5. The Kier molecular flexibility index (Phi) is 6.60. The molecule has 1 aromatic carbocycles. The molecule has 0 amide bonds. The van der Waals surface area contributed by atoms with Gasteiger partial charge in [0.05, 0.1) is 6.54 Å². The van der Waals surface area contributed by atoms with Crippen molar-refractivity contribution in [2.45, 2.75) is 33.7 Å². The van der Waals surface area contributed by atoms with Crippen LogP contribution in [0.25, 0.3) is 0 Å². The Balaban J connectivity index is 1.89. The normalized spacial score (nSPS) is 11.3. The Hall–Kier alpha value is -2.36. The number of aliphatic imine (C=N–C) groups is 1. The van der Waals surface area contributed by atoms with Crippen LogP contribution >= 0.6 is 0 Å². The van der Waals surface area contributed by atoms with Gasteiger partial charge in [-0.25, -0.2) is 4.99 Å². The predicted molar refractivity (Wildman–Crippen MR) is 96.7 cm³/mol. The Morgan fingerprint density at radius 3 is 2.57 bits per heavy atom. The lowest BCUT2D eigenvalue weighted by Gasteiger charge is -2.12. The van der Waals surface area contributed by atoms with Crippen LogP contribution in [0.5, 0.6) is 0 Å². The molecule has 4 nitrogen and oxygen atoms in total. The number of rotatable bonds is 6.